The fraction of sp³-hybridized carbons (Fsp3) is 0.509. The molecule has 0 aliphatic heterocycles. The van der Waals surface area contributed by atoms with Crippen LogP contribution in [0.4, 0.5) is 0 Å². The van der Waals surface area contributed by atoms with Gasteiger partial charge in [0.25, 0.3) is 0 Å². The minimum Gasteiger partial charge on any atom is -0.512 e. The molecular weight excluding hydrogens is 907 g/mol. The molecule has 1 saturated carbocycles. The van der Waals surface area contributed by atoms with Gasteiger partial charge < -0.3 is 5.11 Å². The molecule has 315 valence electrons. The number of allylic oxidation sites excluding steroid dienone is 2. The van der Waals surface area contributed by atoms with Crippen LogP contribution >= 0.6 is 11.3 Å². The number of rotatable bonds is 11. The number of fused-ring (bicyclic) bond motifs is 2. The molecule has 3 nitrogen and oxygen atoms in total. The van der Waals surface area contributed by atoms with Crippen molar-refractivity contribution in [3.8, 4) is 21.7 Å². The monoisotopic (exact) mass is 977 g/mol. The molecule has 5 aromatic rings. The summed E-state index contributed by atoms with van der Waals surface area (Å²) in [5.74, 6) is 1.41. The van der Waals surface area contributed by atoms with Crippen molar-refractivity contribution < 1.29 is 30.0 Å². The van der Waals surface area contributed by atoms with Crippen molar-refractivity contribution in [3.05, 3.63) is 101 Å². The standard InChI is InChI=1S/C38H42NS.C15H28O2.Ir/c1-24(2)33-31-18-21-39-34(29-22-28-10-8-9-11-30(28)32(23-29)37(3,4)5)36(31)40-35(33)27-14-12-25(13-15-27)26-16-19-38(6,7)20-17-26;1-7-14(5,8-2)12(16)11-13(17)15(6,9-3)10-4;/h8-15,18,21,23-24,26H,16-17,19-20H2,1-7H3;11,16H,7-10H2,1-6H3;/q-1;;/b;12-11-;. The summed E-state index contributed by atoms with van der Waals surface area (Å²) in [5.41, 5.74) is 7.68. The van der Waals surface area contributed by atoms with Gasteiger partial charge in [-0.05, 0) is 102 Å². The van der Waals surface area contributed by atoms with E-state index in [1.165, 1.54) is 74.4 Å². The molecule has 1 aliphatic carbocycles. The molecule has 58 heavy (non-hydrogen) atoms. The Morgan fingerprint density at radius 1 is 0.879 bits per heavy atom. The average Bonchev–Trinajstić information content (AvgIpc) is 3.60. The minimum absolute atomic E-state index is 0. The van der Waals surface area contributed by atoms with Crippen molar-refractivity contribution in [2.75, 3.05) is 0 Å². The Morgan fingerprint density at radius 2 is 1.47 bits per heavy atom. The van der Waals surface area contributed by atoms with Crippen molar-refractivity contribution in [1.82, 2.24) is 4.98 Å². The van der Waals surface area contributed by atoms with Crippen molar-refractivity contribution in [2.24, 2.45) is 16.2 Å². The molecule has 1 aliphatic rings. The number of benzene rings is 3. The predicted octanol–water partition coefficient (Wildman–Crippen LogP) is 16.3. The number of carbonyl (C=O) groups excluding carboxylic acids is 1. The second-order valence-corrected chi connectivity index (χ2v) is 20.4. The zero-order valence-electron chi connectivity index (χ0n) is 37.8. The number of pyridine rings is 1. The van der Waals surface area contributed by atoms with Crippen LogP contribution in [0.5, 0.6) is 0 Å². The first-order chi connectivity index (χ1) is 26.8. The number of carbonyl (C=O) groups is 1. The van der Waals surface area contributed by atoms with E-state index in [-0.39, 0.29) is 47.9 Å². The van der Waals surface area contributed by atoms with Crippen LogP contribution in [0.3, 0.4) is 0 Å². The van der Waals surface area contributed by atoms with E-state index < -0.39 is 0 Å². The molecule has 0 amide bonds. The van der Waals surface area contributed by atoms with Crippen LogP contribution < -0.4 is 0 Å². The summed E-state index contributed by atoms with van der Waals surface area (Å²) in [5, 5.41) is 13.9. The van der Waals surface area contributed by atoms with Crippen molar-refractivity contribution in [3.63, 3.8) is 0 Å². The number of hydrogen-bond donors (Lipinski definition) is 1. The van der Waals surface area contributed by atoms with E-state index in [1.54, 1.807) is 0 Å². The molecule has 3 aromatic carbocycles. The van der Waals surface area contributed by atoms with E-state index in [9.17, 15) is 9.90 Å². The average molecular weight is 977 g/mol. The largest absolute Gasteiger partial charge is 0.512 e. The van der Waals surface area contributed by atoms with Gasteiger partial charge in [0, 0.05) is 58.5 Å². The van der Waals surface area contributed by atoms with Gasteiger partial charge in [-0.1, -0.05) is 143 Å². The third-order valence-electron chi connectivity index (χ3n) is 13.6. The summed E-state index contributed by atoms with van der Waals surface area (Å²) in [6.07, 6.45) is 12.0. The normalized spacial score (nSPS) is 15.3. The minimum atomic E-state index is -0.337. The molecule has 1 N–H and O–H groups in total. The second kappa shape index (κ2) is 19.1. The maximum Gasteiger partial charge on any atom is 0.164 e. The van der Waals surface area contributed by atoms with Crippen LogP contribution in [-0.4, -0.2) is 15.9 Å². The van der Waals surface area contributed by atoms with Crippen molar-refractivity contribution in [1.29, 1.82) is 0 Å². The number of aromatic nitrogens is 1. The number of ketones is 1. The fourth-order valence-electron chi connectivity index (χ4n) is 8.32. The number of thiophene rings is 1. The third-order valence-corrected chi connectivity index (χ3v) is 14.9. The Morgan fingerprint density at radius 3 is 2.02 bits per heavy atom. The first-order valence-corrected chi connectivity index (χ1v) is 22.6. The Hall–Kier alpha value is -3.11. The molecule has 2 aromatic heterocycles. The Kier molecular flexibility index (Phi) is 15.6. The summed E-state index contributed by atoms with van der Waals surface area (Å²) in [4.78, 5) is 18.5. The van der Waals surface area contributed by atoms with Gasteiger partial charge in [-0.3, -0.25) is 9.78 Å². The number of aliphatic hydroxyl groups is 1. The molecule has 1 radical (unpaired) electrons. The molecule has 5 heteroatoms. The van der Waals surface area contributed by atoms with Gasteiger partial charge in [-0.2, -0.15) is 0 Å². The number of aliphatic hydroxyl groups excluding tert-OH is 1. The smallest absolute Gasteiger partial charge is 0.164 e. The molecule has 0 atom stereocenters. The van der Waals surface area contributed by atoms with E-state index in [2.05, 4.69) is 115 Å². The quantitative estimate of drug-likeness (QED) is 0.0815. The second-order valence-electron chi connectivity index (χ2n) is 19.4. The van der Waals surface area contributed by atoms with Crippen LogP contribution in [0, 0.1) is 22.3 Å². The first kappa shape index (κ1) is 47.6. The van der Waals surface area contributed by atoms with Gasteiger partial charge in [0.1, 0.15) is 5.76 Å². The predicted molar refractivity (Wildman–Crippen MR) is 248 cm³/mol. The van der Waals surface area contributed by atoms with Gasteiger partial charge >= 0.3 is 0 Å². The van der Waals surface area contributed by atoms with E-state index in [0.29, 0.717) is 17.3 Å². The van der Waals surface area contributed by atoms with E-state index in [1.807, 2.05) is 59.1 Å². The van der Waals surface area contributed by atoms with Gasteiger partial charge in [-0.25, -0.2) is 0 Å². The van der Waals surface area contributed by atoms with E-state index in [0.717, 1.165) is 42.3 Å². The molecule has 2 heterocycles. The van der Waals surface area contributed by atoms with E-state index in [4.69, 9.17) is 4.98 Å². The molecule has 0 spiro atoms. The zero-order chi connectivity index (χ0) is 41.9. The Labute approximate surface area is 368 Å². The van der Waals surface area contributed by atoms with Gasteiger partial charge in [-0.15, -0.1) is 40.5 Å². The van der Waals surface area contributed by atoms with Crippen LogP contribution in [0.15, 0.2) is 78.7 Å². The topological polar surface area (TPSA) is 50.2 Å². The fourth-order valence-corrected chi connectivity index (χ4v) is 9.78. The summed E-state index contributed by atoms with van der Waals surface area (Å²) >= 11 is 1.90. The maximum atomic E-state index is 12.2. The van der Waals surface area contributed by atoms with Gasteiger partial charge in [0.05, 0.1) is 0 Å². The molecule has 0 saturated heterocycles. The van der Waals surface area contributed by atoms with Gasteiger partial charge in [0.2, 0.25) is 0 Å². The zero-order valence-corrected chi connectivity index (χ0v) is 41.0. The molecule has 0 unspecified atom stereocenters. The van der Waals surface area contributed by atoms with Crippen molar-refractivity contribution >= 4 is 38.0 Å². The Balaban J connectivity index is 0.000000353. The first-order valence-electron chi connectivity index (χ1n) is 21.7. The Bertz CT molecular complexity index is 2180. The molecule has 1 fully saturated rings. The van der Waals surface area contributed by atoms with Crippen LogP contribution in [-0.2, 0) is 30.3 Å². The third kappa shape index (κ3) is 10.2. The number of nitrogens with zero attached hydrogens (tertiary/aromatic N) is 1. The molecule has 0 bridgehead atoms. The SMILES string of the molecule is CC(C)c1c(-c2ccc(C3CCC(C)(C)CC3)cc2)sc2c(-c3[c-]c4ccccc4c(C(C)(C)C)c3)nccc12.CCC(C)(CC)C(=O)/C=C(\O)C(C)(CC)CC.[Ir]. The van der Waals surface area contributed by atoms with Crippen LogP contribution in [0.25, 0.3) is 42.6 Å². The molecule has 6 rings (SSSR count). The summed E-state index contributed by atoms with van der Waals surface area (Å²) in [7, 11) is 0. The van der Waals surface area contributed by atoms with E-state index >= 15 is 0 Å². The van der Waals surface area contributed by atoms with Crippen LogP contribution in [0.1, 0.15) is 170 Å². The van der Waals surface area contributed by atoms with Crippen LogP contribution in [0.2, 0.25) is 0 Å². The number of hydrogen-bond acceptors (Lipinski definition) is 4. The van der Waals surface area contributed by atoms with Crippen molar-refractivity contribution in [2.45, 2.75) is 159 Å². The molecular formula is C53H70IrNO2S-. The summed E-state index contributed by atoms with van der Waals surface area (Å²) < 4.78 is 1.27. The summed E-state index contributed by atoms with van der Waals surface area (Å²) in [6.45, 7) is 28.5. The summed E-state index contributed by atoms with van der Waals surface area (Å²) in [6, 6.07) is 26.5. The van der Waals surface area contributed by atoms with Gasteiger partial charge in [0.15, 0.2) is 5.78 Å². The maximum absolute atomic E-state index is 12.2.